The number of alkyl halides is 15. The van der Waals surface area contributed by atoms with Gasteiger partial charge in [-0.2, -0.15) is 65.9 Å². The van der Waals surface area contributed by atoms with Crippen molar-refractivity contribution in [3.8, 4) is 0 Å². The van der Waals surface area contributed by atoms with E-state index in [0.717, 1.165) is 0 Å². The van der Waals surface area contributed by atoms with E-state index >= 15 is 0 Å². The van der Waals surface area contributed by atoms with Crippen LogP contribution in [0, 0.1) is 0 Å². The van der Waals surface area contributed by atoms with E-state index in [0.29, 0.717) is 0 Å². The zero-order chi connectivity index (χ0) is 62.1. The molecule has 0 spiro atoms. The number of ether oxygens (including phenoxy) is 6. The summed E-state index contributed by atoms with van der Waals surface area (Å²) in [4.78, 5) is 49.2. The van der Waals surface area contributed by atoms with Crippen molar-refractivity contribution < 1.29 is 179 Å². The number of aliphatic carboxylic acids is 5. The molecule has 1 aliphatic carbocycles. The Morgan fingerprint density at radius 3 is 1.18 bits per heavy atom. The number of carboxylic acids is 5. The van der Waals surface area contributed by atoms with Crippen LogP contribution in [0.2, 0.25) is 0 Å². The van der Waals surface area contributed by atoms with Crippen molar-refractivity contribution in [1.82, 2.24) is 0 Å². The average Bonchev–Trinajstić information content (AvgIpc) is 3.58. The molecule has 29 nitrogen and oxygen atoms in total. The first-order valence-corrected chi connectivity index (χ1v) is 20.3. The second kappa shape index (κ2) is 31.2. The fourth-order valence-corrected chi connectivity index (χ4v) is 5.69. The molecule has 0 bridgehead atoms. The third-order valence-corrected chi connectivity index (χ3v) is 9.56. The molecule has 0 radical (unpaired) electrons. The second-order valence-corrected chi connectivity index (χ2v) is 15.4. The predicted octanol–water partition coefficient (Wildman–Crippen LogP) is -4.03. The minimum Gasteiger partial charge on any atom is -0.475 e. The van der Waals surface area contributed by atoms with E-state index < -0.39 is 177 Å². The standard InChI is InChI=1S/C24H46N6O13.5C2HF3O2/c1-6-13(31)16(34)11(28)22(38-6)41-19-8(27)3-7(26)14(32)21(19)43-24-18(36)20(10(40-24)5-30-37-2)42-23-12(29)17(35)15(33)9(4-25)39-23;5*3-2(4,5)1(6)7/h5-24,31-36H,3-4,25-29H2,1-2H3;5*(H,6,7)/b30-5+;;;;;/t6-,7-,8+,9+,10-,11-,12-,13-,14+,15-,16-,17-,18-,19-,20-,21-,22-,23-,24+;;;;;/m1...../s1. The molecule has 460 valence electrons. The van der Waals surface area contributed by atoms with Gasteiger partial charge in [-0.1, -0.05) is 5.16 Å². The number of halogens is 15. The van der Waals surface area contributed by atoms with Crippen molar-refractivity contribution in [2.45, 2.75) is 161 Å². The number of oxime groups is 1. The molecule has 4 aliphatic rings. The number of aliphatic hydroxyl groups excluding tert-OH is 6. The molecule has 19 atom stereocenters. The summed E-state index contributed by atoms with van der Waals surface area (Å²) in [7, 11) is 1.29. The summed E-state index contributed by atoms with van der Waals surface area (Å²) in [6.07, 6.45) is -43.2. The highest BCUT2D eigenvalue weighted by molar-refractivity contribution is 5.74. The minimum absolute atomic E-state index is 0.116. The van der Waals surface area contributed by atoms with Gasteiger partial charge in [0.15, 0.2) is 18.9 Å². The maximum Gasteiger partial charge on any atom is 0.490 e. The van der Waals surface area contributed by atoms with Crippen LogP contribution in [0.3, 0.4) is 0 Å². The maximum absolute atomic E-state index is 11.3. The number of hydrogen-bond acceptors (Lipinski definition) is 24. The molecule has 78 heavy (non-hydrogen) atoms. The van der Waals surface area contributed by atoms with Gasteiger partial charge in [0.1, 0.15) is 68.1 Å². The SMILES string of the molecule is CO/N=C/[C@H]1O[C@@H](O[C@@H]2[C@@H](O)[C@H](N)C[C@H](N)[C@H]2O[C@H]2O[C@H](C)[C@@H](O)[C@H](O)[C@H]2N)[C@H](O)[C@@H]1O[C@H]1O[C@@H](CN)[C@@H](O)[C@H](O)[C@H]1N.O=C(O)C(F)(F)F.O=C(O)C(F)(F)F.O=C(O)C(F)(F)F.O=C(O)C(F)(F)F.O=C(O)C(F)(F)F. The van der Waals surface area contributed by atoms with Crippen LogP contribution < -0.4 is 28.7 Å². The topological polar surface area (TPSA) is 515 Å². The van der Waals surface area contributed by atoms with Crippen LogP contribution in [0.5, 0.6) is 0 Å². The summed E-state index contributed by atoms with van der Waals surface area (Å²) in [6, 6.07) is -4.06. The molecule has 3 heterocycles. The minimum atomic E-state index is -5.08. The van der Waals surface area contributed by atoms with Crippen LogP contribution >= 0.6 is 0 Å². The lowest BCUT2D eigenvalue weighted by atomic mass is 9.84. The molecular weight excluding hydrogens is 1150 g/mol. The van der Waals surface area contributed by atoms with Gasteiger partial charge >= 0.3 is 60.7 Å². The van der Waals surface area contributed by atoms with Crippen LogP contribution in [0.4, 0.5) is 65.9 Å². The lowest BCUT2D eigenvalue weighted by Gasteiger charge is -2.47. The van der Waals surface area contributed by atoms with Gasteiger partial charge in [0.2, 0.25) is 0 Å². The maximum atomic E-state index is 11.3. The van der Waals surface area contributed by atoms with E-state index in [1.165, 1.54) is 20.2 Å². The van der Waals surface area contributed by atoms with Crippen molar-refractivity contribution in [3.05, 3.63) is 0 Å². The zero-order valence-electron chi connectivity index (χ0n) is 38.8. The molecule has 3 aliphatic heterocycles. The molecule has 0 amide bonds. The summed E-state index contributed by atoms with van der Waals surface area (Å²) >= 11 is 0. The number of carboxylic acid groups (broad SMARTS) is 5. The van der Waals surface area contributed by atoms with Gasteiger partial charge < -0.3 is 118 Å². The highest BCUT2D eigenvalue weighted by Gasteiger charge is 2.54. The Labute approximate surface area is 423 Å². The molecule has 3 saturated heterocycles. The van der Waals surface area contributed by atoms with E-state index in [-0.39, 0.29) is 13.0 Å². The largest absolute Gasteiger partial charge is 0.490 e. The summed E-state index contributed by atoms with van der Waals surface area (Å²) in [5.41, 5.74) is 30.2. The summed E-state index contributed by atoms with van der Waals surface area (Å²) in [6.45, 7) is 1.37. The summed E-state index contributed by atoms with van der Waals surface area (Å²) in [5, 5.41) is 103. The number of carbonyl (C=O) groups is 5. The molecule has 0 unspecified atom stereocenters. The van der Waals surface area contributed by atoms with E-state index in [1.807, 2.05) is 0 Å². The first kappa shape index (κ1) is 75.2. The lowest BCUT2D eigenvalue weighted by Crippen LogP contribution is -2.67. The molecular formula is C34H51F15N6O23. The Morgan fingerprint density at radius 2 is 0.833 bits per heavy atom. The Hall–Kier alpha value is -4.91. The van der Waals surface area contributed by atoms with Gasteiger partial charge in [0.05, 0.1) is 30.5 Å². The fourth-order valence-electron chi connectivity index (χ4n) is 5.69. The number of nitrogens with two attached hydrogens (primary N) is 5. The molecule has 0 aromatic carbocycles. The van der Waals surface area contributed by atoms with Crippen molar-refractivity contribution in [2.75, 3.05) is 13.7 Å². The van der Waals surface area contributed by atoms with E-state index in [9.17, 15) is 96.5 Å². The fraction of sp³-hybridized carbons (Fsp3) is 0.824. The Bertz CT molecular complexity index is 1770. The number of nitrogens with zero attached hydrogens (tertiary/aromatic N) is 1. The third-order valence-electron chi connectivity index (χ3n) is 9.56. The average molecular weight is 1200 g/mol. The third kappa shape index (κ3) is 24.6. The van der Waals surface area contributed by atoms with E-state index in [4.69, 9.17) is 111 Å². The zero-order valence-corrected chi connectivity index (χ0v) is 38.8. The number of rotatable bonds is 9. The molecule has 1 saturated carbocycles. The smallest absolute Gasteiger partial charge is 0.475 e. The summed E-state index contributed by atoms with van der Waals surface area (Å²) < 4.78 is 194. The van der Waals surface area contributed by atoms with Crippen LogP contribution in [-0.2, 0) is 57.2 Å². The lowest BCUT2D eigenvalue weighted by molar-refractivity contribution is -0.305. The molecule has 44 heteroatoms. The Balaban J connectivity index is 0. The van der Waals surface area contributed by atoms with E-state index in [2.05, 4.69) is 5.16 Å². The monoisotopic (exact) mass is 1200 g/mol. The second-order valence-electron chi connectivity index (χ2n) is 15.4. The summed E-state index contributed by atoms with van der Waals surface area (Å²) in [5.74, 6) is -13.8. The predicted molar refractivity (Wildman–Crippen MR) is 212 cm³/mol. The molecule has 21 N–H and O–H groups in total. The number of hydrogen-bond donors (Lipinski definition) is 16. The van der Waals surface area contributed by atoms with Gasteiger partial charge in [-0.25, -0.2) is 24.0 Å². The van der Waals surface area contributed by atoms with Gasteiger partial charge in [-0.15, -0.1) is 0 Å². The van der Waals surface area contributed by atoms with Crippen LogP contribution in [-0.4, -0.2) is 253 Å². The molecule has 0 aromatic rings. The Morgan fingerprint density at radius 1 is 0.500 bits per heavy atom. The Kier molecular flexibility index (Phi) is 30.0. The van der Waals surface area contributed by atoms with Gasteiger partial charge in [0, 0.05) is 18.6 Å². The first-order chi connectivity index (χ1) is 35.0. The molecule has 4 fully saturated rings. The number of aliphatic hydroxyl groups is 6. The van der Waals surface area contributed by atoms with Crippen molar-refractivity contribution in [2.24, 2.45) is 33.8 Å². The normalized spacial score (nSPS) is 34.2. The van der Waals surface area contributed by atoms with Crippen LogP contribution in [0.1, 0.15) is 13.3 Å². The van der Waals surface area contributed by atoms with Gasteiger partial charge in [-0.3, -0.25) is 0 Å². The van der Waals surface area contributed by atoms with Gasteiger partial charge in [-0.05, 0) is 13.3 Å². The van der Waals surface area contributed by atoms with Crippen LogP contribution in [0.25, 0.3) is 0 Å². The van der Waals surface area contributed by atoms with E-state index in [1.54, 1.807) is 0 Å². The highest BCUT2D eigenvalue weighted by Crippen LogP contribution is 2.34. The van der Waals surface area contributed by atoms with Crippen molar-refractivity contribution >= 4 is 36.1 Å². The molecule has 0 aromatic heterocycles. The quantitative estimate of drug-likeness (QED) is 0.0594. The van der Waals surface area contributed by atoms with Crippen molar-refractivity contribution in [1.29, 1.82) is 0 Å². The van der Waals surface area contributed by atoms with Crippen molar-refractivity contribution in [3.63, 3.8) is 0 Å². The van der Waals surface area contributed by atoms with Crippen LogP contribution in [0.15, 0.2) is 5.16 Å². The highest BCUT2D eigenvalue weighted by atomic mass is 19.4. The van der Waals surface area contributed by atoms with Gasteiger partial charge in [0.25, 0.3) is 0 Å². The first-order valence-electron chi connectivity index (χ1n) is 20.3. The molecule has 4 rings (SSSR count).